The Hall–Kier alpha value is -4.21. The summed E-state index contributed by atoms with van der Waals surface area (Å²) in [7, 11) is 2.11. The number of para-hydroxylation sites is 2. The summed E-state index contributed by atoms with van der Waals surface area (Å²) in [4.78, 5) is 7.46. The molecule has 0 saturated heterocycles. The number of ether oxygens (including phenoxy) is 1. The summed E-state index contributed by atoms with van der Waals surface area (Å²) in [6, 6.07) is 32.6. The van der Waals surface area contributed by atoms with Crippen molar-refractivity contribution in [2.24, 2.45) is 12.5 Å². The minimum atomic E-state index is -0.243. The second-order valence-electron chi connectivity index (χ2n) is 16.3. The molecule has 8 rings (SSSR count). The molecule has 6 aromatic rings. The summed E-state index contributed by atoms with van der Waals surface area (Å²) in [5.74, 6) is 2.51. The molecule has 2 aromatic heterocycles. The van der Waals surface area contributed by atoms with Gasteiger partial charge < -0.3 is 0 Å². The predicted molar refractivity (Wildman–Crippen MR) is 201 cm³/mol. The monoisotopic (exact) mass is 841 g/mol. The van der Waals surface area contributed by atoms with Crippen molar-refractivity contribution in [3.05, 3.63) is 129 Å². The van der Waals surface area contributed by atoms with E-state index < -0.39 is 0 Å². The average Bonchev–Trinajstić information content (AvgIpc) is 3.38. The van der Waals surface area contributed by atoms with E-state index in [0.29, 0.717) is 0 Å². The van der Waals surface area contributed by atoms with Gasteiger partial charge in [0.25, 0.3) is 0 Å². The molecule has 258 valence electrons. The molecule has 4 aromatic carbocycles. The van der Waals surface area contributed by atoms with Crippen molar-refractivity contribution >= 4 is 28.2 Å². The summed E-state index contributed by atoms with van der Waals surface area (Å²) < 4.78 is 12.4. The molecule has 0 saturated carbocycles. The number of hydrogen-bond acceptors (Lipinski definition) is 3. The number of aromatic nitrogens is 3. The number of imidazole rings is 1. The Morgan fingerprint density at radius 1 is 0.680 bits per heavy atom. The van der Waals surface area contributed by atoms with Gasteiger partial charge >= 0.3 is 208 Å². The van der Waals surface area contributed by atoms with Gasteiger partial charge in [0.05, 0.1) is 0 Å². The molecule has 2 aliphatic rings. The maximum atomic E-state index is 6.76. The summed E-state index contributed by atoms with van der Waals surface area (Å²) in [6.45, 7) is 21.5. The van der Waals surface area contributed by atoms with Gasteiger partial charge in [-0.2, -0.15) is 0 Å². The molecule has 0 atom stereocenters. The van der Waals surface area contributed by atoms with Crippen molar-refractivity contribution in [2.75, 3.05) is 4.90 Å². The molecule has 6 heteroatoms. The fourth-order valence-corrected chi connectivity index (χ4v) is 9.52. The normalized spacial score (nSPS) is 17.7. The quantitative estimate of drug-likeness (QED) is 0.177. The first-order valence-corrected chi connectivity index (χ1v) is 18.7. The van der Waals surface area contributed by atoms with E-state index in [9.17, 15) is 0 Å². The molecule has 5 nitrogen and oxygen atoms in total. The molecule has 3 heterocycles. The average molecular weight is 842 g/mol. The minimum Gasteiger partial charge on any atom is -0.0582 e. The smallest absolute Gasteiger partial charge is 0.0582 e. The van der Waals surface area contributed by atoms with Gasteiger partial charge in [-0.15, -0.1) is 0 Å². The zero-order valence-electron chi connectivity index (χ0n) is 30.8. The molecule has 0 unspecified atom stereocenters. The molecule has 1 aliphatic heterocycles. The van der Waals surface area contributed by atoms with E-state index in [0.717, 1.165) is 38.0 Å². The van der Waals surface area contributed by atoms with Crippen molar-refractivity contribution in [1.29, 1.82) is 0 Å². The zero-order valence-corrected chi connectivity index (χ0v) is 33.0. The summed E-state index contributed by atoms with van der Waals surface area (Å²) >= 11 is 2.41. The van der Waals surface area contributed by atoms with Crippen LogP contribution in [0.2, 0.25) is 0 Å². The molecule has 0 radical (unpaired) electrons. The van der Waals surface area contributed by atoms with Gasteiger partial charge in [-0.25, -0.2) is 0 Å². The molecule has 50 heavy (non-hydrogen) atoms. The van der Waals surface area contributed by atoms with Crippen LogP contribution in [0.4, 0.5) is 17.2 Å². The van der Waals surface area contributed by atoms with E-state index in [1.165, 1.54) is 39.0 Å². The van der Waals surface area contributed by atoms with Crippen molar-refractivity contribution in [2.45, 2.75) is 78.6 Å². The van der Waals surface area contributed by atoms with Crippen molar-refractivity contribution in [3.8, 4) is 17.2 Å². The third-order valence-corrected chi connectivity index (χ3v) is 14.0. The first-order chi connectivity index (χ1) is 23.6. The summed E-state index contributed by atoms with van der Waals surface area (Å²) in [5.41, 5.74) is 12.1. The second kappa shape index (κ2) is 10.9. The number of fused-ring (bicyclic) bond motifs is 5. The maximum absolute atomic E-state index is 6.76. The van der Waals surface area contributed by atoms with Gasteiger partial charge in [0.15, 0.2) is 0 Å². The Morgan fingerprint density at radius 3 is 2.10 bits per heavy atom. The van der Waals surface area contributed by atoms with Crippen LogP contribution in [0.3, 0.4) is 0 Å². The van der Waals surface area contributed by atoms with Crippen LogP contribution in [-0.4, -0.2) is 14.1 Å². The number of pyridine rings is 1. The standard InChI is InChI=1S/C44H46N4O.Pt/c1-28-22-23-45-38(24-28)48-37-26-31(49-30-15-13-14-29(25-30)47-27-46(10)35-16-11-12-17-36(35)47)18-19-32(37)41(2,3)34-21-20-33-39(40(34)48)43(6,7)44(8,9)42(33,4)5;/h11-26H,1-10H3;. The number of anilines is 3. The first-order valence-electron chi connectivity index (χ1n) is 17.5. The van der Waals surface area contributed by atoms with Crippen molar-refractivity contribution < 1.29 is 24.1 Å². The van der Waals surface area contributed by atoms with Crippen LogP contribution in [0.25, 0.3) is 16.7 Å². The summed E-state index contributed by atoms with van der Waals surface area (Å²) in [5, 5.41) is 0. The van der Waals surface area contributed by atoms with E-state index in [1.54, 1.807) is 0 Å². The van der Waals surface area contributed by atoms with E-state index in [1.807, 2.05) is 12.3 Å². The molecular formula is C44H46N4OPt. The molecule has 0 bridgehead atoms. The van der Waals surface area contributed by atoms with Gasteiger partial charge in [-0.05, 0) is 40.4 Å². The molecule has 1 aliphatic carbocycles. The Kier molecular flexibility index (Phi) is 7.18. The van der Waals surface area contributed by atoms with Crippen LogP contribution in [0, 0.1) is 16.1 Å². The number of aryl methyl sites for hydroxylation is 2. The van der Waals surface area contributed by atoms with Gasteiger partial charge in [-0.1, -0.05) is 53.7 Å². The number of hydrogen-bond donors (Lipinski definition) is 0. The Balaban J connectivity index is 1.31. The van der Waals surface area contributed by atoms with Gasteiger partial charge in [-0.3, -0.25) is 0 Å². The topological polar surface area (TPSA) is 35.2 Å². The van der Waals surface area contributed by atoms with Crippen LogP contribution >= 0.6 is 0 Å². The molecular weight excluding hydrogens is 796 g/mol. The van der Waals surface area contributed by atoms with Crippen LogP contribution in [0.5, 0.6) is 11.5 Å². The van der Waals surface area contributed by atoms with Crippen LogP contribution in [0.1, 0.15) is 83.2 Å². The molecule has 0 fully saturated rings. The number of rotatable bonds is 4. The second-order valence-corrected chi connectivity index (χ2v) is 17.3. The zero-order chi connectivity index (χ0) is 35.5. The SMILES string of the molecule is Cc1ccnc(N2c3cc(Oc4cccc(-n5[c](=[Pt])n(C)c6ccccc65)c4)ccc3C(C)(C)c3ccc4c(c32)C(C)(C)C(C)(C)C4(C)C)c1. The Morgan fingerprint density at radius 2 is 1.36 bits per heavy atom. The minimum absolute atomic E-state index is 0.0174. The molecule has 0 N–H and O–H groups in total. The van der Waals surface area contributed by atoms with Crippen molar-refractivity contribution in [1.82, 2.24) is 14.1 Å². The molecule has 0 spiro atoms. The Bertz CT molecular complexity index is 2430. The fraction of sp³-hybridized carbons (Fsp3) is 0.318. The first kappa shape index (κ1) is 33.0. The molecule has 0 amide bonds. The number of benzene rings is 4. The predicted octanol–water partition coefficient (Wildman–Crippen LogP) is 11.2. The van der Waals surface area contributed by atoms with Crippen LogP contribution < -0.4 is 9.64 Å². The Labute approximate surface area is 307 Å². The fourth-order valence-electron chi connectivity index (χ4n) is 8.68. The van der Waals surface area contributed by atoms with Crippen LogP contribution in [-0.2, 0) is 42.6 Å². The third kappa shape index (κ3) is 4.41. The van der Waals surface area contributed by atoms with E-state index in [4.69, 9.17) is 9.72 Å². The van der Waals surface area contributed by atoms with Gasteiger partial charge in [0, 0.05) is 6.20 Å². The number of nitrogens with zero attached hydrogens (tertiary/aromatic N) is 4. The van der Waals surface area contributed by atoms with Gasteiger partial charge in [0.2, 0.25) is 0 Å². The van der Waals surface area contributed by atoms with E-state index >= 15 is 0 Å². The van der Waals surface area contributed by atoms with Crippen LogP contribution in [0.15, 0.2) is 97.2 Å². The third-order valence-electron chi connectivity index (χ3n) is 12.7. The van der Waals surface area contributed by atoms with Crippen molar-refractivity contribution in [3.63, 3.8) is 0 Å². The van der Waals surface area contributed by atoms with E-state index in [2.05, 4.69) is 188 Å². The van der Waals surface area contributed by atoms with Gasteiger partial charge in [0.1, 0.15) is 0 Å². The summed E-state index contributed by atoms with van der Waals surface area (Å²) in [6.07, 6.45) is 1.93. The van der Waals surface area contributed by atoms with E-state index in [-0.39, 0.29) is 21.7 Å².